The van der Waals surface area contributed by atoms with E-state index < -0.39 is 0 Å². The molecule has 0 saturated carbocycles. The SMILES string of the molecule is COc1ccc(-c2ncc(C(=O)N3CC(CN)CC3C)s2)cc1.Cl. The molecule has 2 N–H and O–H groups in total. The number of thiazole rings is 1. The van der Waals surface area contributed by atoms with Crippen LogP contribution in [0.4, 0.5) is 0 Å². The van der Waals surface area contributed by atoms with Crippen molar-refractivity contribution in [3.05, 3.63) is 35.3 Å². The molecule has 130 valence electrons. The summed E-state index contributed by atoms with van der Waals surface area (Å²) in [6, 6.07) is 7.94. The van der Waals surface area contributed by atoms with Crippen LogP contribution in [-0.2, 0) is 0 Å². The zero-order valence-electron chi connectivity index (χ0n) is 13.8. The van der Waals surface area contributed by atoms with Crippen molar-refractivity contribution in [3.8, 4) is 16.3 Å². The molecule has 1 aliphatic heterocycles. The van der Waals surface area contributed by atoms with Crippen molar-refractivity contribution in [2.45, 2.75) is 19.4 Å². The Morgan fingerprint density at radius 1 is 1.42 bits per heavy atom. The molecule has 5 nitrogen and oxygen atoms in total. The summed E-state index contributed by atoms with van der Waals surface area (Å²) in [4.78, 5) is 19.7. The summed E-state index contributed by atoms with van der Waals surface area (Å²) in [7, 11) is 1.64. The van der Waals surface area contributed by atoms with Crippen LogP contribution in [0.5, 0.6) is 5.75 Å². The average molecular weight is 368 g/mol. The molecule has 0 aliphatic carbocycles. The minimum atomic E-state index is 0. The molecule has 1 amide bonds. The van der Waals surface area contributed by atoms with Crippen molar-refractivity contribution in [3.63, 3.8) is 0 Å². The number of hydrogen-bond donors (Lipinski definition) is 1. The second-order valence-corrected chi connectivity index (χ2v) is 6.93. The highest BCUT2D eigenvalue weighted by atomic mass is 35.5. The van der Waals surface area contributed by atoms with Crippen molar-refractivity contribution in [1.29, 1.82) is 0 Å². The molecule has 2 unspecified atom stereocenters. The van der Waals surface area contributed by atoms with E-state index in [1.54, 1.807) is 13.3 Å². The van der Waals surface area contributed by atoms with Gasteiger partial charge in [0.25, 0.3) is 5.91 Å². The van der Waals surface area contributed by atoms with Gasteiger partial charge in [0.05, 0.1) is 13.3 Å². The highest BCUT2D eigenvalue weighted by molar-refractivity contribution is 7.16. The molecule has 24 heavy (non-hydrogen) atoms. The van der Waals surface area contributed by atoms with Gasteiger partial charge in [0.15, 0.2) is 0 Å². The number of rotatable bonds is 4. The molecule has 2 heterocycles. The van der Waals surface area contributed by atoms with Crippen LogP contribution >= 0.6 is 23.7 Å². The predicted octanol–water partition coefficient (Wildman–Crippen LogP) is 3.05. The first-order chi connectivity index (χ1) is 11.1. The molecule has 1 fully saturated rings. The zero-order valence-corrected chi connectivity index (χ0v) is 15.4. The van der Waals surface area contributed by atoms with Crippen LogP contribution in [0.3, 0.4) is 0 Å². The second kappa shape index (κ2) is 7.96. The van der Waals surface area contributed by atoms with Crippen LogP contribution in [0, 0.1) is 5.92 Å². The number of methoxy groups -OCH3 is 1. The molecule has 2 atom stereocenters. The largest absolute Gasteiger partial charge is 0.497 e. The number of carbonyl (C=O) groups is 1. The highest BCUT2D eigenvalue weighted by Crippen LogP contribution is 2.30. The van der Waals surface area contributed by atoms with Gasteiger partial charge in [-0.15, -0.1) is 23.7 Å². The number of amides is 1. The maximum atomic E-state index is 12.7. The number of nitrogens with two attached hydrogens (primary N) is 1. The van der Waals surface area contributed by atoms with E-state index in [0.29, 0.717) is 17.3 Å². The third-order valence-corrected chi connectivity index (χ3v) is 5.34. The Morgan fingerprint density at radius 3 is 2.71 bits per heavy atom. The summed E-state index contributed by atoms with van der Waals surface area (Å²) in [5.74, 6) is 1.27. The molecule has 7 heteroatoms. The van der Waals surface area contributed by atoms with Crippen LogP contribution < -0.4 is 10.5 Å². The lowest BCUT2D eigenvalue weighted by Crippen LogP contribution is -2.33. The molecule has 0 radical (unpaired) electrons. The van der Waals surface area contributed by atoms with Crippen LogP contribution in [-0.4, -0.2) is 42.0 Å². The Hall–Kier alpha value is -1.63. The zero-order chi connectivity index (χ0) is 16.4. The number of likely N-dealkylation sites (tertiary alicyclic amines) is 1. The number of halogens is 1. The smallest absolute Gasteiger partial charge is 0.265 e. The Kier molecular flexibility index (Phi) is 6.21. The van der Waals surface area contributed by atoms with Gasteiger partial charge < -0.3 is 15.4 Å². The van der Waals surface area contributed by atoms with E-state index in [-0.39, 0.29) is 24.4 Å². The minimum Gasteiger partial charge on any atom is -0.497 e. The van der Waals surface area contributed by atoms with Gasteiger partial charge in [-0.2, -0.15) is 0 Å². The maximum absolute atomic E-state index is 12.7. The van der Waals surface area contributed by atoms with Crippen LogP contribution in [0.25, 0.3) is 10.6 Å². The molecule has 1 aromatic heterocycles. The fraction of sp³-hybridized carbons (Fsp3) is 0.412. The third kappa shape index (κ3) is 3.71. The quantitative estimate of drug-likeness (QED) is 0.901. The molecular formula is C17H22ClN3O2S. The maximum Gasteiger partial charge on any atom is 0.265 e. The molecule has 1 aromatic carbocycles. The number of benzene rings is 1. The lowest BCUT2D eigenvalue weighted by Gasteiger charge is -2.20. The molecule has 3 rings (SSSR count). The summed E-state index contributed by atoms with van der Waals surface area (Å²) in [5, 5.41) is 0.846. The number of carbonyl (C=O) groups excluding carboxylic acids is 1. The lowest BCUT2D eigenvalue weighted by molar-refractivity contribution is 0.0748. The summed E-state index contributed by atoms with van der Waals surface area (Å²) in [6.45, 7) is 3.46. The molecule has 0 spiro atoms. The fourth-order valence-electron chi connectivity index (χ4n) is 2.98. The lowest BCUT2D eigenvalue weighted by atomic mass is 10.1. The van der Waals surface area contributed by atoms with Crippen LogP contribution in [0.1, 0.15) is 23.0 Å². The first kappa shape index (κ1) is 18.7. The second-order valence-electron chi connectivity index (χ2n) is 5.90. The van der Waals surface area contributed by atoms with E-state index >= 15 is 0 Å². The Bertz CT molecular complexity index is 689. The molecule has 2 aromatic rings. The van der Waals surface area contributed by atoms with Gasteiger partial charge >= 0.3 is 0 Å². The van der Waals surface area contributed by atoms with E-state index in [1.807, 2.05) is 29.2 Å². The van der Waals surface area contributed by atoms with Gasteiger partial charge in [0.2, 0.25) is 0 Å². The normalized spacial score (nSPS) is 19.9. The fourth-order valence-corrected chi connectivity index (χ4v) is 3.86. The Labute approximate surface area is 152 Å². The van der Waals surface area contributed by atoms with E-state index in [1.165, 1.54) is 11.3 Å². The summed E-state index contributed by atoms with van der Waals surface area (Å²) < 4.78 is 5.16. The van der Waals surface area contributed by atoms with E-state index in [2.05, 4.69) is 11.9 Å². The van der Waals surface area contributed by atoms with Gasteiger partial charge in [-0.25, -0.2) is 4.98 Å². The van der Waals surface area contributed by atoms with Gasteiger partial charge in [-0.3, -0.25) is 4.79 Å². The van der Waals surface area contributed by atoms with Gasteiger partial charge in [-0.1, -0.05) is 0 Å². The Morgan fingerprint density at radius 2 is 2.12 bits per heavy atom. The molecule has 0 bridgehead atoms. The molecule has 1 saturated heterocycles. The van der Waals surface area contributed by atoms with Crippen LogP contribution in [0.2, 0.25) is 0 Å². The van der Waals surface area contributed by atoms with E-state index in [0.717, 1.165) is 29.3 Å². The standard InChI is InChI=1S/C17H21N3O2S.ClH/c1-11-7-12(8-18)10-20(11)17(21)15-9-19-16(23-15)13-3-5-14(22-2)6-4-13;/h3-6,9,11-12H,7-8,10,18H2,1-2H3;1H. The summed E-state index contributed by atoms with van der Waals surface area (Å²) >= 11 is 1.43. The van der Waals surface area contributed by atoms with Crippen molar-refractivity contribution in [2.75, 3.05) is 20.2 Å². The van der Waals surface area contributed by atoms with E-state index in [4.69, 9.17) is 10.5 Å². The van der Waals surface area contributed by atoms with Crippen LogP contribution in [0.15, 0.2) is 30.5 Å². The first-order valence-corrected chi connectivity index (χ1v) is 8.55. The highest BCUT2D eigenvalue weighted by Gasteiger charge is 2.32. The van der Waals surface area contributed by atoms with Gasteiger partial charge in [0, 0.05) is 18.2 Å². The van der Waals surface area contributed by atoms with Crippen molar-refractivity contribution < 1.29 is 9.53 Å². The van der Waals surface area contributed by atoms with Gasteiger partial charge in [0.1, 0.15) is 15.6 Å². The topological polar surface area (TPSA) is 68.5 Å². The van der Waals surface area contributed by atoms with Crippen molar-refractivity contribution in [1.82, 2.24) is 9.88 Å². The minimum absolute atomic E-state index is 0. The van der Waals surface area contributed by atoms with Gasteiger partial charge in [-0.05, 0) is 50.1 Å². The Balaban J connectivity index is 0.00000208. The number of hydrogen-bond acceptors (Lipinski definition) is 5. The van der Waals surface area contributed by atoms with Crippen molar-refractivity contribution >= 4 is 29.7 Å². The monoisotopic (exact) mass is 367 g/mol. The average Bonchev–Trinajstić information content (AvgIpc) is 3.21. The molecular weight excluding hydrogens is 346 g/mol. The van der Waals surface area contributed by atoms with E-state index in [9.17, 15) is 4.79 Å². The number of nitrogens with zero attached hydrogens (tertiary/aromatic N) is 2. The number of ether oxygens (including phenoxy) is 1. The summed E-state index contributed by atoms with van der Waals surface area (Å²) in [6.07, 6.45) is 2.65. The summed E-state index contributed by atoms with van der Waals surface area (Å²) in [5.41, 5.74) is 6.73. The van der Waals surface area contributed by atoms with Crippen molar-refractivity contribution in [2.24, 2.45) is 11.7 Å². The molecule has 1 aliphatic rings. The predicted molar refractivity (Wildman–Crippen MR) is 99.0 cm³/mol. The third-order valence-electron chi connectivity index (χ3n) is 4.31. The number of aromatic nitrogens is 1. The first-order valence-electron chi connectivity index (χ1n) is 7.73.